The van der Waals surface area contributed by atoms with E-state index in [2.05, 4.69) is 20.8 Å². The van der Waals surface area contributed by atoms with E-state index in [4.69, 9.17) is 16.3 Å². The Balaban J connectivity index is 2.15. The molecule has 0 bridgehead atoms. The number of hydrogen-bond acceptors (Lipinski definition) is 5. The van der Waals surface area contributed by atoms with Gasteiger partial charge in [0.05, 0.1) is 18.3 Å². The lowest BCUT2D eigenvalue weighted by molar-refractivity contribution is 0.196. The molecule has 6 nitrogen and oxygen atoms in total. The second-order valence-electron chi connectivity index (χ2n) is 4.09. The summed E-state index contributed by atoms with van der Waals surface area (Å²) in [5.74, 6) is 0.749. The molecule has 1 unspecified atom stereocenters. The molecule has 7 heteroatoms. The summed E-state index contributed by atoms with van der Waals surface area (Å²) in [6, 6.07) is 7.41. The van der Waals surface area contributed by atoms with Gasteiger partial charge in [-0.1, -0.05) is 11.6 Å². The molecule has 0 amide bonds. The molecule has 0 fully saturated rings. The maximum absolute atomic E-state index is 5.87. The van der Waals surface area contributed by atoms with E-state index in [1.54, 1.807) is 11.8 Å². The number of rotatable bonds is 6. The van der Waals surface area contributed by atoms with Crippen LogP contribution in [0.1, 0.15) is 18.8 Å². The number of hydrogen-bond donors (Lipinski definition) is 1. The van der Waals surface area contributed by atoms with Crippen LogP contribution in [-0.4, -0.2) is 40.5 Å². The summed E-state index contributed by atoms with van der Waals surface area (Å²) in [4.78, 5) is 0. The molecule has 1 atom stereocenters. The van der Waals surface area contributed by atoms with Crippen LogP contribution in [0.15, 0.2) is 24.3 Å². The second kappa shape index (κ2) is 6.60. The van der Waals surface area contributed by atoms with E-state index in [9.17, 15) is 0 Å². The first-order chi connectivity index (χ1) is 9.22. The third-order valence-corrected chi connectivity index (χ3v) is 2.96. The Labute approximate surface area is 116 Å². The normalized spacial score (nSPS) is 12.6. The molecule has 1 N–H and O–H groups in total. The van der Waals surface area contributed by atoms with Crippen LogP contribution in [0.4, 0.5) is 0 Å². The van der Waals surface area contributed by atoms with Gasteiger partial charge >= 0.3 is 0 Å². The van der Waals surface area contributed by atoms with Crippen LogP contribution in [-0.2, 0) is 4.74 Å². The summed E-state index contributed by atoms with van der Waals surface area (Å²) in [6.07, 6.45) is 0. The highest BCUT2D eigenvalue weighted by molar-refractivity contribution is 6.30. The molecule has 0 aliphatic heterocycles. The number of benzene rings is 1. The number of nitrogens with one attached hydrogen (secondary N) is 1. The smallest absolute Gasteiger partial charge is 0.173 e. The zero-order chi connectivity index (χ0) is 13.7. The monoisotopic (exact) mass is 281 g/mol. The molecule has 0 aliphatic rings. The lowest BCUT2D eigenvalue weighted by Gasteiger charge is -2.13. The number of tetrazole rings is 1. The third kappa shape index (κ3) is 3.50. The first-order valence-electron chi connectivity index (χ1n) is 5.99. The van der Waals surface area contributed by atoms with E-state index in [0.29, 0.717) is 11.6 Å². The Hall–Kier alpha value is -1.50. The second-order valence-corrected chi connectivity index (χ2v) is 4.53. The van der Waals surface area contributed by atoms with Crippen molar-refractivity contribution in [3.05, 3.63) is 35.1 Å². The fraction of sp³-hybridized carbons (Fsp3) is 0.417. The molecule has 0 radical (unpaired) electrons. The predicted molar refractivity (Wildman–Crippen MR) is 72.5 cm³/mol. The molecule has 1 heterocycles. The Morgan fingerprint density at radius 1 is 1.37 bits per heavy atom. The van der Waals surface area contributed by atoms with Crippen molar-refractivity contribution in [3.8, 4) is 5.69 Å². The van der Waals surface area contributed by atoms with Crippen molar-refractivity contribution >= 4 is 11.6 Å². The van der Waals surface area contributed by atoms with E-state index >= 15 is 0 Å². The summed E-state index contributed by atoms with van der Waals surface area (Å²) in [5, 5.41) is 15.8. The SMILES string of the molecule is COCCNC(C)c1nnnn1-c1ccc(Cl)cc1. The lowest BCUT2D eigenvalue weighted by atomic mass is 10.3. The summed E-state index contributed by atoms with van der Waals surface area (Å²) in [7, 11) is 1.67. The van der Waals surface area contributed by atoms with Crippen LogP contribution in [0.25, 0.3) is 5.69 Å². The van der Waals surface area contributed by atoms with Gasteiger partial charge in [-0.05, 0) is 41.6 Å². The van der Waals surface area contributed by atoms with Crippen molar-refractivity contribution in [2.45, 2.75) is 13.0 Å². The van der Waals surface area contributed by atoms with E-state index < -0.39 is 0 Å². The highest BCUT2D eigenvalue weighted by atomic mass is 35.5. The molecule has 0 saturated heterocycles. The number of methoxy groups -OCH3 is 1. The molecule has 0 aliphatic carbocycles. The lowest BCUT2D eigenvalue weighted by Crippen LogP contribution is -2.25. The van der Waals surface area contributed by atoms with Gasteiger partial charge < -0.3 is 10.1 Å². The molecule has 1 aromatic carbocycles. The van der Waals surface area contributed by atoms with Gasteiger partial charge in [0, 0.05) is 18.7 Å². The van der Waals surface area contributed by atoms with Crippen LogP contribution in [0.2, 0.25) is 5.02 Å². The maximum atomic E-state index is 5.87. The number of nitrogens with zero attached hydrogens (tertiary/aromatic N) is 4. The Morgan fingerprint density at radius 3 is 2.79 bits per heavy atom. The number of halogens is 1. The zero-order valence-corrected chi connectivity index (χ0v) is 11.6. The quantitative estimate of drug-likeness (QED) is 0.815. The average Bonchev–Trinajstić information content (AvgIpc) is 2.89. The van der Waals surface area contributed by atoms with E-state index in [-0.39, 0.29) is 6.04 Å². The minimum absolute atomic E-state index is 0.0285. The van der Waals surface area contributed by atoms with Gasteiger partial charge in [0.15, 0.2) is 5.82 Å². The maximum Gasteiger partial charge on any atom is 0.173 e. The highest BCUT2D eigenvalue weighted by Crippen LogP contribution is 2.16. The minimum Gasteiger partial charge on any atom is -0.383 e. The largest absolute Gasteiger partial charge is 0.383 e. The third-order valence-electron chi connectivity index (χ3n) is 2.71. The molecule has 2 rings (SSSR count). The topological polar surface area (TPSA) is 64.9 Å². The van der Waals surface area contributed by atoms with Crippen LogP contribution in [0.3, 0.4) is 0 Å². The molecule has 2 aromatic rings. The van der Waals surface area contributed by atoms with Gasteiger partial charge in [-0.2, -0.15) is 4.68 Å². The van der Waals surface area contributed by atoms with Crippen LogP contribution < -0.4 is 5.32 Å². The molecule has 102 valence electrons. The Kier molecular flexibility index (Phi) is 4.84. The van der Waals surface area contributed by atoms with E-state index in [0.717, 1.165) is 18.1 Å². The first kappa shape index (κ1) is 13.9. The van der Waals surface area contributed by atoms with Gasteiger partial charge in [0.2, 0.25) is 0 Å². The fourth-order valence-corrected chi connectivity index (χ4v) is 1.83. The molecule has 19 heavy (non-hydrogen) atoms. The van der Waals surface area contributed by atoms with Gasteiger partial charge in [-0.3, -0.25) is 0 Å². The van der Waals surface area contributed by atoms with Gasteiger partial charge in [0.25, 0.3) is 0 Å². The standard InChI is InChI=1S/C12H16ClN5O/c1-9(14-7-8-19-2)12-15-16-17-18(12)11-5-3-10(13)4-6-11/h3-6,9,14H,7-8H2,1-2H3. The van der Waals surface area contributed by atoms with Gasteiger partial charge in [-0.15, -0.1) is 5.10 Å². The van der Waals surface area contributed by atoms with Crippen molar-refractivity contribution in [2.24, 2.45) is 0 Å². The molecular weight excluding hydrogens is 266 g/mol. The van der Waals surface area contributed by atoms with E-state index in [1.807, 2.05) is 31.2 Å². The highest BCUT2D eigenvalue weighted by Gasteiger charge is 2.14. The van der Waals surface area contributed by atoms with Crippen molar-refractivity contribution in [1.29, 1.82) is 0 Å². The van der Waals surface area contributed by atoms with E-state index in [1.165, 1.54) is 0 Å². The summed E-state index contributed by atoms with van der Waals surface area (Å²) in [6.45, 7) is 3.39. The van der Waals surface area contributed by atoms with Crippen molar-refractivity contribution in [1.82, 2.24) is 25.5 Å². The minimum atomic E-state index is 0.0285. The predicted octanol–water partition coefficient (Wildman–Crippen LogP) is 1.61. The van der Waals surface area contributed by atoms with Crippen molar-refractivity contribution in [2.75, 3.05) is 20.3 Å². The average molecular weight is 282 g/mol. The summed E-state index contributed by atoms with van der Waals surface area (Å²) >= 11 is 5.87. The summed E-state index contributed by atoms with van der Waals surface area (Å²) in [5.41, 5.74) is 0.879. The van der Waals surface area contributed by atoms with Crippen molar-refractivity contribution < 1.29 is 4.74 Å². The van der Waals surface area contributed by atoms with Crippen LogP contribution in [0.5, 0.6) is 0 Å². The number of ether oxygens (including phenoxy) is 1. The molecule has 1 aromatic heterocycles. The first-order valence-corrected chi connectivity index (χ1v) is 6.36. The molecule has 0 saturated carbocycles. The van der Waals surface area contributed by atoms with Gasteiger partial charge in [-0.25, -0.2) is 0 Å². The zero-order valence-electron chi connectivity index (χ0n) is 10.9. The Morgan fingerprint density at radius 2 is 2.11 bits per heavy atom. The molecule has 0 spiro atoms. The fourth-order valence-electron chi connectivity index (χ4n) is 1.70. The van der Waals surface area contributed by atoms with Gasteiger partial charge in [0.1, 0.15) is 0 Å². The van der Waals surface area contributed by atoms with Crippen LogP contribution in [0, 0.1) is 0 Å². The van der Waals surface area contributed by atoms with Crippen molar-refractivity contribution in [3.63, 3.8) is 0 Å². The molecular formula is C12H16ClN5O. The Bertz CT molecular complexity index is 513. The van der Waals surface area contributed by atoms with Crippen LogP contribution >= 0.6 is 11.6 Å². The number of aromatic nitrogens is 4. The summed E-state index contributed by atoms with van der Waals surface area (Å²) < 4.78 is 6.70.